The van der Waals surface area contributed by atoms with Crippen LogP contribution in [0.15, 0.2) is 48.7 Å². The van der Waals surface area contributed by atoms with Gasteiger partial charge in [0.05, 0.1) is 0 Å². The largest absolute Gasteiger partial charge is 0.350 e. The molecule has 0 amide bonds. The number of hydrogen-bond donors (Lipinski definition) is 0. The zero-order valence-electron chi connectivity index (χ0n) is 11.4. The van der Waals surface area contributed by atoms with Gasteiger partial charge in [0.25, 0.3) is 0 Å². The predicted molar refractivity (Wildman–Crippen MR) is 82.5 cm³/mol. The first-order valence-corrected chi connectivity index (χ1v) is 6.80. The number of para-hydroxylation sites is 1. The van der Waals surface area contributed by atoms with Crippen LogP contribution in [-0.2, 0) is 7.05 Å². The Hall–Kier alpha value is -2.06. The van der Waals surface area contributed by atoms with Gasteiger partial charge in [-0.1, -0.05) is 29.8 Å². The Labute approximate surface area is 122 Å². The van der Waals surface area contributed by atoms with Gasteiger partial charge in [-0.15, -0.1) is 0 Å². The molecule has 2 aromatic carbocycles. The molecule has 0 aliphatic carbocycles. The van der Waals surface area contributed by atoms with Gasteiger partial charge < -0.3 is 4.57 Å². The van der Waals surface area contributed by atoms with Crippen molar-refractivity contribution in [3.63, 3.8) is 0 Å². The van der Waals surface area contributed by atoms with Crippen molar-refractivity contribution >= 4 is 28.3 Å². The van der Waals surface area contributed by atoms with Gasteiger partial charge in [0.2, 0.25) is 0 Å². The summed E-state index contributed by atoms with van der Waals surface area (Å²) < 4.78 is 1.98. The first-order chi connectivity index (χ1) is 9.58. The SMILES string of the molecule is Cc1cc(Cl)ccc1C(=O)c1cn(C)c2ccccc12. The zero-order valence-corrected chi connectivity index (χ0v) is 12.1. The highest BCUT2D eigenvalue weighted by molar-refractivity contribution is 6.31. The summed E-state index contributed by atoms with van der Waals surface area (Å²) >= 11 is 5.95. The molecule has 0 unspecified atom stereocenters. The highest BCUT2D eigenvalue weighted by atomic mass is 35.5. The maximum Gasteiger partial charge on any atom is 0.195 e. The monoisotopic (exact) mass is 283 g/mol. The summed E-state index contributed by atoms with van der Waals surface area (Å²) in [5.74, 6) is 0.0379. The minimum absolute atomic E-state index is 0.0379. The highest BCUT2D eigenvalue weighted by Gasteiger charge is 2.17. The summed E-state index contributed by atoms with van der Waals surface area (Å²) in [6.45, 7) is 1.91. The minimum Gasteiger partial charge on any atom is -0.350 e. The molecule has 0 atom stereocenters. The quantitative estimate of drug-likeness (QED) is 0.640. The van der Waals surface area contributed by atoms with E-state index in [0.717, 1.165) is 22.0 Å². The van der Waals surface area contributed by atoms with Crippen molar-refractivity contribution < 1.29 is 4.79 Å². The number of nitrogens with zero attached hydrogens (tertiary/aromatic N) is 1. The van der Waals surface area contributed by atoms with Crippen molar-refractivity contribution in [3.05, 3.63) is 70.4 Å². The second-order valence-electron chi connectivity index (χ2n) is 4.96. The van der Waals surface area contributed by atoms with Crippen molar-refractivity contribution in [2.75, 3.05) is 0 Å². The van der Waals surface area contributed by atoms with Gasteiger partial charge in [-0.05, 0) is 36.8 Å². The van der Waals surface area contributed by atoms with Gasteiger partial charge in [-0.25, -0.2) is 0 Å². The van der Waals surface area contributed by atoms with Crippen LogP contribution >= 0.6 is 11.6 Å². The first-order valence-electron chi connectivity index (χ1n) is 6.43. The first kappa shape index (κ1) is 12.9. The topological polar surface area (TPSA) is 22.0 Å². The van der Waals surface area contributed by atoms with E-state index < -0.39 is 0 Å². The molecule has 1 heterocycles. The number of aromatic nitrogens is 1. The molecule has 3 rings (SSSR count). The number of halogens is 1. The molecule has 1 aromatic heterocycles. The van der Waals surface area contributed by atoms with E-state index in [1.165, 1.54) is 0 Å². The van der Waals surface area contributed by atoms with E-state index in [4.69, 9.17) is 11.6 Å². The second kappa shape index (κ2) is 4.80. The Balaban J connectivity index is 2.18. The lowest BCUT2D eigenvalue weighted by molar-refractivity contribution is 0.103. The third-order valence-corrected chi connectivity index (χ3v) is 3.81. The van der Waals surface area contributed by atoms with Crippen LogP contribution in [0.2, 0.25) is 5.02 Å². The van der Waals surface area contributed by atoms with Crippen LogP contribution in [-0.4, -0.2) is 10.4 Å². The van der Waals surface area contributed by atoms with E-state index in [-0.39, 0.29) is 5.78 Å². The van der Waals surface area contributed by atoms with Crippen LogP contribution in [0.25, 0.3) is 10.9 Å². The lowest BCUT2D eigenvalue weighted by Crippen LogP contribution is -2.03. The van der Waals surface area contributed by atoms with Gasteiger partial charge >= 0.3 is 0 Å². The molecule has 0 spiro atoms. The molecule has 0 aliphatic heterocycles. The van der Waals surface area contributed by atoms with E-state index in [9.17, 15) is 4.79 Å². The molecular weight excluding hydrogens is 270 g/mol. The van der Waals surface area contributed by atoms with Crippen LogP contribution in [0.1, 0.15) is 21.5 Å². The van der Waals surface area contributed by atoms with Gasteiger partial charge in [0, 0.05) is 40.3 Å². The number of carbonyl (C=O) groups excluding carboxylic acids is 1. The number of benzene rings is 2. The standard InChI is InChI=1S/C17H14ClNO/c1-11-9-12(18)7-8-13(11)17(20)15-10-19(2)16-6-4-3-5-14(15)16/h3-10H,1-2H3. The summed E-state index contributed by atoms with van der Waals surface area (Å²) in [6.07, 6.45) is 1.89. The van der Waals surface area contributed by atoms with Crippen LogP contribution in [0.4, 0.5) is 0 Å². The summed E-state index contributed by atoms with van der Waals surface area (Å²) in [7, 11) is 1.95. The number of hydrogen-bond acceptors (Lipinski definition) is 1. The van der Waals surface area contributed by atoms with Crippen LogP contribution in [0.3, 0.4) is 0 Å². The Bertz CT molecular complexity index is 817. The summed E-state index contributed by atoms with van der Waals surface area (Å²) in [5, 5.41) is 1.63. The van der Waals surface area contributed by atoms with Crippen molar-refractivity contribution in [2.24, 2.45) is 7.05 Å². The third kappa shape index (κ3) is 2.02. The number of fused-ring (bicyclic) bond motifs is 1. The fourth-order valence-corrected chi connectivity index (χ4v) is 2.78. The van der Waals surface area contributed by atoms with E-state index in [1.54, 1.807) is 12.1 Å². The minimum atomic E-state index is 0.0379. The highest BCUT2D eigenvalue weighted by Crippen LogP contribution is 2.25. The number of ketones is 1. The van der Waals surface area contributed by atoms with Crippen LogP contribution in [0.5, 0.6) is 0 Å². The molecule has 2 nitrogen and oxygen atoms in total. The Morgan fingerprint density at radius 2 is 1.85 bits per heavy atom. The van der Waals surface area contributed by atoms with E-state index in [1.807, 2.05) is 55.1 Å². The Kier molecular flexibility index (Phi) is 3.11. The average Bonchev–Trinajstić information content (AvgIpc) is 2.76. The second-order valence-corrected chi connectivity index (χ2v) is 5.40. The molecule has 3 heteroatoms. The summed E-state index contributed by atoms with van der Waals surface area (Å²) in [4.78, 5) is 12.7. The molecule has 0 aliphatic rings. The molecule has 100 valence electrons. The van der Waals surface area contributed by atoms with Crippen molar-refractivity contribution in [1.82, 2.24) is 4.57 Å². The van der Waals surface area contributed by atoms with Gasteiger partial charge in [-0.2, -0.15) is 0 Å². The van der Waals surface area contributed by atoms with Gasteiger partial charge in [-0.3, -0.25) is 4.79 Å². The molecule has 0 radical (unpaired) electrons. The fourth-order valence-electron chi connectivity index (χ4n) is 2.55. The normalized spacial score (nSPS) is 10.9. The molecular formula is C17H14ClNO. The third-order valence-electron chi connectivity index (χ3n) is 3.57. The molecule has 0 saturated heterocycles. The fraction of sp³-hybridized carbons (Fsp3) is 0.118. The van der Waals surface area contributed by atoms with Gasteiger partial charge in [0.1, 0.15) is 0 Å². The lowest BCUT2D eigenvalue weighted by atomic mass is 9.99. The van der Waals surface area contributed by atoms with E-state index in [0.29, 0.717) is 10.6 Å². The molecule has 0 saturated carbocycles. The Morgan fingerprint density at radius 3 is 2.60 bits per heavy atom. The Morgan fingerprint density at radius 1 is 1.10 bits per heavy atom. The molecule has 0 N–H and O–H groups in total. The predicted octanol–water partition coefficient (Wildman–Crippen LogP) is 4.37. The van der Waals surface area contributed by atoms with E-state index in [2.05, 4.69) is 0 Å². The molecule has 3 aromatic rings. The van der Waals surface area contributed by atoms with Crippen molar-refractivity contribution in [3.8, 4) is 0 Å². The summed E-state index contributed by atoms with van der Waals surface area (Å²) in [6, 6.07) is 13.3. The molecule has 0 bridgehead atoms. The molecule has 0 fully saturated rings. The van der Waals surface area contributed by atoms with Crippen molar-refractivity contribution in [2.45, 2.75) is 6.92 Å². The maximum atomic E-state index is 12.7. The van der Waals surface area contributed by atoms with Crippen LogP contribution < -0.4 is 0 Å². The average molecular weight is 284 g/mol. The maximum absolute atomic E-state index is 12.7. The number of aryl methyl sites for hydroxylation is 2. The smallest absolute Gasteiger partial charge is 0.195 e. The van der Waals surface area contributed by atoms with E-state index >= 15 is 0 Å². The van der Waals surface area contributed by atoms with Crippen molar-refractivity contribution in [1.29, 1.82) is 0 Å². The molecule has 20 heavy (non-hydrogen) atoms. The van der Waals surface area contributed by atoms with Gasteiger partial charge in [0.15, 0.2) is 5.78 Å². The number of rotatable bonds is 2. The zero-order chi connectivity index (χ0) is 14.3. The lowest BCUT2D eigenvalue weighted by Gasteiger charge is -2.04. The summed E-state index contributed by atoms with van der Waals surface area (Å²) in [5.41, 5.74) is 3.39. The van der Waals surface area contributed by atoms with Crippen LogP contribution in [0, 0.1) is 6.92 Å². The number of carbonyl (C=O) groups is 1.